The molecule has 0 spiro atoms. The molecule has 2 aromatic rings. The van der Waals surface area contributed by atoms with Crippen LogP contribution in [0.1, 0.15) is 26.3 Å². The first-order valence-corrected chi connectivity index (χ1v) is 6.67. The number of ether oxygens (including phenoxy) is 1. The van der Waals surface area contributed by atoms with Crippen molar-refractivity contribution in [2.75, 3.05) is 6.61 Å². The molecule has 0 fully saturated rings. The molecule has 1 heterocycles. The largest absolute Gasteiger partial charge is 2.00 e. The summed E-state index contributed by atoms with van der Waals surface area (Å²) in [6, 6.07) is 18.4. The van der Waals surface area contributed by atoms with Gasteiger partial charge in [-0.3, -0.25) is 4.99 Å². The summed E-state index contributed by atoms with van der Waals surface area (Å²) in [6.45, 7) is 7.29. The van der Waals surface area contributed by atoms with Gasteiger partial charge in [-0.05, 0) is 5.41 Å². The summed E-state index contributed by atoms with van der Waals surface area (Å²) in [4.78, 5) is 4.60. The van der Waals surface area contributed by atoms with E-state index >= 15 is 0 Å². The van der Waals surface area contributed by atoms with Crippen LogP contribution in [-0.2, 0) is 21.8 Å². The van der Waals surface area contributed by atoms with Crippen molar-refractivity contribution in [1.82, 2.24) is 0 Å². The van der Waals surface area contributed by atoms with Crippen molar-refractivity contribution in [2.45, 2.75) is 26.8 Å². The maximum Gasteiger partial charge on any atom is 2.00 e. The van der Waals surface area contributed by atoms with Crippen LogP contribution < -0.4 is 0 Å². The predicted octanol–water partition coefficient (Wildman–Crippen LogP) is 4.00. The van der Waals surface area contributed by atoms with Gasteiger partial charge < -0.3 is 4.74 Å². The van der Waals surface area contributed by atoms with Crippen molar-refractivity contribution in [3.8, 4) is 0 Å². The summed E-state index contributed by atoms with van der Waals surface area (Å²) in [7, 11) is 0. The fourth-order valence-corrected chi connectivity index (χ4v) is 1.81. The van der Waals surface area contributed by atoms with Crippen LogP contribution in [0.2, 0.25) is 0 Å². The van der Waals surface area contributed by atoms with E-state index in [1.807, 2.05) is 54.6 Å². The van der Waals surface area contributed by atoms with E-state index in [-0.39, 0.29) is 28.5 Å². The fourth-order valence-electron chi connectivity index (χ4n) is 1.81. The Labute approximate surface area is 132 Å². The van der Waals surface area contributed by atoms with Gasteiger partial charge in [-0.25, -0.2) is 12.1 Å². The first-order valence-electron chi connectivity index (χ1n) is 6.67. The van der Waals surface area contributed by atoms with Crippen LogP contribution >= 0.6 is 0 Å². The molecule has 0 aliphatic carbocycles. The van der Waals surface area contributed by atoms with E-state index in [0.29, 0.717) is 6.61 Å². The maximum atomic E-state index is 5.59. The average Bonchev–Trinajstić information content (AvgIpc) is 3.13. The Hall–Kier alpha value is -1.31. The second-order valence-electron chi connectivity index (χ2n) is 5.76. The second-order valence-corrected chi connectivity index (χ2v) is 5.76. The zero-order valence-corrected chi connectivity index (χ0v) is 13.3. The van der Waals surface area contributed by atoms with Crippen molar-refractivity contribution >= 4 is 5.90 Å². The van der Waals surface area contributed by atoms with Crippen molar-refractivity contribution in [1.29, 1.82) is 0 Å². The van der Waals surface area contributed by atoms with E-state index in [1.165, 1.54) is 0 Å². The fraction of sp³-hybridized carbons (Fsp3) is 0.353. The van der Waals surface area contributed by atoms with Gasteiger partial charge in [0.2, 0.25) is 0 Å². The van der Waals surface area contributed by atoms with E-state index in [1.54, 1.807) is 0 Å². The topological polar surface area (TPSA) is 21.6 Å². The summed E-state index contributed by atoms with van der Waals surface area (Å²) < 4.78 is 5.59. The molecule has 2 aromatic carbocycles. The van der Waals surface area contributed by atoms with Gasteiger partial charge >= 0.3 is 17.1 Å². The summed E-state index contributed by atoms with van der Waals surface area (Å²) in [5, 5.41) is 0. The van der Waals surface area contributed by atoms with Crippen LogP contribution in [0.3, 0.4) is 0 Å². The van der Waals surface area contributed by atoms with E-state index in [9.17, 15) is 0 Å². The molecular formula is C17H21FeNO. The van der Waals surface area contributed by atoms with Gasteiger partial charge in [0.15, 0.2) is 0 Å². The number of hydrogen-bond acceptors (Lipinski definition) is 2. The van der Waals surface area contributed by atoms with Crippen molar-refractivity contribution in [3.05, 3.63) is 60.2 Å². The van der Waals surface area contributed by atoms with Crippen LogP contribution in [0.4, 0.5) is 0 Å². The van der Waals surface area contributed by atoms with E-state index in [2.05, 4.69) is 25.8 Å². The van der Waals surface area contributed by atoms with Crippen LogP contribution in [0.15, 0.2) is 59.6 Å². The summed E-state index contributed by atoms with van der Waals surface area (Å²) in [5.74, 6) is 0.801. The molecule has 0 N–H and O–H groups in total. The molecule has 1 atom stereocenters. The molecule has 0 bridgehead atoms. The monoisotopic (exact) mass is 311 g/mol. The zero-order valence-electron chi connectivity index (χ0n) is 12.2. The Morgan fingerprint density at radius 3 is 2.25 bits per heavy atom. The first kappa shape index (κ1) is 16.7. The molecule has 2 nitrogen and oxygen atoms in total. The van der Waals surface area contributed by atoms with Gasteiger partial charge in [-0.1, -0.05) is 26.3 Å². The van der Waals surface area contributed by atoms with Crippen molar-refractivity contribution < 1.29 is 21.8 Å². The Balaban J connectivity index is 0.000000283. The molecule has 3 heteroatoms. The van der Waals surface area contributed by atoms with Gasteiger partial charge in [0.05, 0.1) is 12.6 Å². The second kappa shape index (κ2) is 7.47. The van der Waals surface area contributed by atoms with Gasteiger partial charge in [0.25, 0.3) is 0 Å². The van der Waals surface area contributed by atoms with Gasteiger partial charge in [-0.15, -0.1) is 6.07 Å². The zero-order chi connectivity index (χ0) is 13.7. The molecule has 20 heavy (non-hydrogen) atoms. The van der Waals surface area contributed by atoms with Crippen LogP contribution in [0.25, 0.3) is 0 Å². The molecule has 3 rings (SSSR count). The predicted molar refractivity (Wildman–Crippen MR) is 79.8 cm³/mol. The molecule has 0 radical (unpaired) electrons. The van der Waals surface area contributed by atoms with Crippen LogP contribution in [-0.4, -0.2) is 18.5 Å². The Morgan fingerprint density at radius 2 is 1.85 bits per heavy atom. The van der Waals surface area contributed by atoms with Crippen LogP contribution in [0, 0.1) is 5.41 Å². The average molecular weight is 311 g/mol. The maximum absolute atomic E-state index is 5.59. The van der Waals surface area contributed by atoms with Gasteiger partial charge in [0.1, 0.15) is 5.90 Å². The number of aliphatic imine (C=N–C) groups is 1. The molecule has 0 aromatic heterocycles. The molecule has 1 aliphatic rings. The third kappa shape index (κ3) is 4.66. The minimum absolute atomic E-state index is 0. The molecule has 0 amide bonds. The molecule has 1 aliphatic heterocycles. The standard InChI is InChI=1S/C12H16NO.C5H5.Fe/c1-12(2,3)10-8-14-11(13-10)9-6-4-5-7-9;1-2-4-5-3-1;/h4-7,10H,8H2,1-3H3;1-5H;/q2*-1;+2/t10-;;/m1../s1. The SMILES string of the molecule is CC(C)(C)[C@H]1COC(c2ccc[cH-]2)=N1.[Fe+2].c1cc[cH-]c1. The third-order valence-electron chi connectivity index (χ3n) is 3.12. The minimum atomic E-state index is 0. The molecule has 108 valence electrons. The van der Waals surface area contributed by atoms with Gasteiger partial charge in [0, 0.05) is 0 Å². The summed E-state index contributed by atoms with van der Waals surface area (Å²) in [5.41, 5.74) is 1.28. The quantitative estimate of drug-likeness (QED) is 0.576. The summed E-state index contributed by atoms with van der Waals surface area (Å²) >= 11 is 0. The smallest absolute Gasteiger partial charge is 0.518 e. The molecule has 0 saturated heterocycles. The normalized spacial score (nSPS) is 17.4. The summed E-state index contributed by atoms with van der Waals surface area (Å²) in [6.07, 6.45) is 0. The van der Waals surface area contributed by atoms with Gasteiger partial charge in [-0.2, -0.15) is 36.4 Å². The molecule has 0 saturated carbocycles. The van der Waals surface area contributed by atoms with E-state index in [4.69, 9.17) is 4.74 Å². The number of rotatable bonds is 1. The van der Waals surface area contributed by atoms with Crippen LogP contribution in [0.5, 0.6) is 0 Å². The van der Waals surface area contributed by atoms with E-state index in [0.717, 1.165) is 11.5 Å². The Bertz CT molecular complexity index is 474. The minimum Gasteiger partial charge on any atom is -0.518 e. The van der Waals surface area contributed by atoms with E-state index < -0.39 is 0 Å². The first-order chi connectivity index (χ1) is 9.07. The molecular weight excluding hydrogens is 290 g/mol. The Kier molecular flexibility index (Phi) is 6.25. The Morgan fingerprint density at radius 1 is 1.15 bits per heavy atom. The van der Waals surface area contributed by atoms with Crippen molar-refractivity contribution in [2.24, 2.45) is 10.4 Å². The molecule has 0 unspecified atom stereocenters. The number of nitrogens with zero attached hydrogens (tertiary/aromatic N) is 1. The van der Waals surface area contributed by atoms with Crippen molar-refractivity contribution in [3.63, 3.8) is 0 Å². The number of hydrogen-bond donors (Lipinski definition) is 0. The third-order valence-corrected chi connectivity index (χ3v) is 3.12.